The summed E-state index contributed by atoms with van der Waals surface area (Å²) in [4.78, 5) is 57.2. The van der Waals surface area contributed by atoms with E-state index in [1.807, 2.05) is 36.9 Å². The fraction of sp³-hybridized carbons (Fsp3) is 0.341. The van der Waals surface area contributed by atoms with Crippen molar-refractivity contribution in [1.29, 1.82) is 0 Å². The van der Waals surface area contributed by atoms with Gasteiger partial charge in [-0.15, -0.1) is 5.10 Å². The summed E-state index contributed by atoms with van der Waals surface area (Å²) in [5, 5.41) is 11.0. The summed E-state index contributed by atoms with van der Waals surface area (Å²) in [6.07, 6.45) is 7.06. The zero-order chi connectivity index (χ0) is 38.7. The van der Waals surface area contributed by atoms with Crippen LogP contribution in [-0.4, -0.2) is 78.8 Å². The number of carbonyl (C=O) groups is 4. The van der Waals surface area contributed by atoms with Gasteiger partial charge in [0.25, 0.3) is 0 Å². The van der Waals surface area contributed by atoms with Gasteiger partial charge in [-0.25, -0.2) is 9.18 Å². The number of tetrazole rings is 1. The topological polar surface area (TPSA) is 128 Å². The van der Waals surface area contributed by atoms with Crippen LogP contribution in [0.25, 0.3) is 17.3 Å². The number of benzene rings is 3. The molecule has 280 valence electrons. The summed E-state index contributed by atoms with van der Waals surface area (Å²) in [6.45, 7) is 10.5. The minimum atomic E-state index is -0.956. The first kappa shape index (κ1) is 38.2. The number of amides is 2. The molecule has 3 heterocycles. The second kappa shape index (κ2) is 15.9. The maximum absolute atomic E-state index is 15.4. The van der Waals surface area contributed by atoms with Crippen molar-refractivity contribution in [3.05, 3.63) is 117 Å². The minimum Gasteiger partial charge on any atom is -0.456 e. The Morgan fingerprint density at radius 2 is 1.78 bits per heavy atom. The van der Waals surface area contributed by atoms with Crippen molar-refractivity contribution in [1.82, 2.24) is 30.0 Å². The van der Waals surface area contributed by atoms with Crippen LogP contribution in [0.15, 0.2) is 73.1 Å². The fourth-order valence-corrected chi connectivity index (χ4v) is 7.03. The van der Waals surface area contributed by atoms with Crippen LogP contribution in [0, 0.1) is 11.7 Å². The number of aromatic nitrogens is 4. The van der Waals surface area contributed by atoms with E-state index in [0.29, 0.717) is 42.6 Å². The molecule has 1 atom stereocenters. The molecule has 2 amide bonds. The Morgan fingerprint density at radius 3 is 2.43 bits per heavy atom. The van der Waals surface area contributed by atoms with Crippen LogP contribution in [-0.2, 0) is 32.0 Å². The lowest BCUT2D eigenvalue weighted by atomic mass is 9.82. The Labute approximate surface area is 318 Å². The predicted molar refractivity (Wildman–Crippen MR) is 202 cm³/mol. The molecule has 1 aromatic heterocycles. The third-order valence-electron chi connectivity index (χ3n) is 9.43. The van der Waals surface area contributed by atoms with E-state index in [9.17, 15) is 19.2 Å². The van der Waals surface area contributed by atoms with Crippen LogP contribution in [0.5, 0.6) is 0 Å². The number of halogens is 2. The molecule has 11 nitrogen and oxygen atoms in total. The van der Waals surface area contributed by atoms with E-state index in [-0.39, 0.29) is 46.8 Å². The average molecular weight is 753 g/mol. The van der Waals surface area contributed by atoms with E-state index in [2.05, 4.69) is 21.6 Å². The lowest BCUT2D eigenvalue weighted by molar-refractivity contribution is -0.136. The highest BCUT2D eigenvalue weighted by atomic mass is 35.5. The average Bonchev–Trinajstić information content (AvgIpc) is 3.69. The van der Waals surface area contributed by atoms with Gasteiger partial charge in [0.05, 0.1) is 16.3 Å². The first-order valence-electron chi connectivity index (χ1n) is 17.9. The molecule has 0 bridgehead atoms. The van der Waals surface area contributed by atoms with E-state index >= 15 is 4.39 Å². The van der Waals surface area contributed by atoms with Crippen LogP contribution in [0.1, 0.15) is 85.3 Å². The number of esters is 1. The standard InChI is InChI=1S/C41H42ClFN6O5/c1-25(2)39(52)47-20-17-27(18-21-47)29-7-6-8-31-30(29)19-22-48(36(51)16-13-32-34(49-24-44-45-46-49)15-14-33(42)37(32)43)38(31)35(50)23-26-9-11-28(12-10-26)40(53)54-41(3,4)5/h6-17,24-25,38H,18-23H2,1-5H3/b16-13+. The van der Waals surface area contributed by atoms with E-state index in [4.69, 9.17) is 16.3 Å². The molecule has 0 saturated heterocycles. The largest absolute Gasteiger partial charge is 0.456 e. The molecule has 0 spiro atoms. The highest BCUT2D eigenvalue weighted by molar-refractivity contribution is 6.31. The van der Waals surface area contributed by atoms with Crippen molar-refractivity contribution in [2.45, 2.75) is 65.5 Å². The third-order valence-corrected chi connectivity index (χ3v) is 9.73. The van der Waals surface area contributed by atoms with Crippen molar-refractivity contribution in [3.8, 4) is 5.69 Å². The number of fused-ring (bicyclic) bond motifs is 1. The van der Waals surface area contributed by atoms with Gasteiger partial charge in [0.1, 0.15) is 18.0 Å². The Kier molecular flexibility index (Phi) is 11.2. The van der Waals surface area contributed by atoms with Crippen LogP contribution >= 0.6 is 11.6 Å². The van der Waals surface area contributed by atoms with Crippen LogP contribution in [0.2, 0.25) is 5.02 Å². The quantitative estimate of drug-likeness (QED) is 0.138. The number of hydrogen-bond donors (Lipinski definition) is 0. The summed E-state index contributed by atoms with van der Waals surface area (Å²) in [7, 11) is 0. The van der Waals surface area contributed by atoms with E-state index in [1.165, 1.54) is 34.1 Å². The van der Waals surface area contributed by atoms with E-state index in [0.717, 1.165) is 16.7 Å². The number of nitrogens with zero attached hydrogens (tertiary/aromatic N) is 6. The van der Waals surface area contributed by atoms with Gasteiger partial charge in [-0.2, -0.15) is 4.68 Å². The number of ether oxygens (including phenoxy) is 1. The van der Waals surface area contributed by atoms with Gasteiger partial charge < -0.3 is 14.5 Å². The van der Waals surface area contributed by atoms with Gasteiger partial charge >= 0.3 is 5.97 Å². The number of ketones is 1. The van der Waals surface area contributed by atoms with Crippen molar-refractivity contribution >= 4 is 46.8 Å². The van der Waals surface area contributed by atoms with E-state index < -0.39 is 29.3 Å². The van der Waals surface area contributed by atoms with Gasteiger partial charge in [-0.05, 0) is 102 Å². The number of rotatable bonds is 9. The number of carbonyl (C=O) groups excluding carboxylic acids is 4. The van der Waals surface area contributed by atoms with Gasteiger partial charge in [0.2, 0.25) is 11.8 Å². The Balaban J connectivity index is 1.33. The van der Waals surface area contributed by atoms with Gasteiger partial charge in [0.15, 0.2) is 11.6 Å². The Bertz CT molecular complexity index is 2140. The molecule has 6 rings (SSSR count). The molecule has 54 heavy (non-hydrogen) atoms. The van der Waals surface area contributed by atoms with Crippen LogP contribution in [0.3, 0.4) is 0 Å². The van der Waals surface area contributed by atoms with Crippen molar-refractivity contribution < 1.29 is 28.3 Å². The lowest BCUT2D eigenvalue weighted by Gasteiger charge is -2.37. The molecular weight excluding hydrogens is 711 g/mol. The van der Waals surface area contributed by atoms with Gasteiger partial charge in [-0.3, -0.25) is 14.4 Å². The summed E-state index contributed by atoms with van der Waals surface area (Å²) in [5.41, 5.74) is 4.42. The molecule has 0 aliphatic carbocycles. The van der Waals surface area contributed by atoms with Crippen molar-refractivity contribution in [3.63, 3.8) is 0 Å². The molecule has 0 fully saturated rings. The summed E-state index contributed by atoms with van der Waals surface area (Å²) in [6, 6.07) is 14.4. The second-order valence-corrected chi connectivity index (χ2v) is 15.1. The fourth-order valence-electron chi connectivity index (χ4n) is 6.86. The maximum Gasteiger partial charge on any atom is 0.338 e. The zero-order valence-corrected chi connectivity index (χ0v) is 31.6. The molecule has 2 aliphatic rings. The van der Waals surface area contributed by atoms with Crippen molar-refractivity contribution in [2.75, 3.05) is 19.6 Å². The SMILES string of the molecule is CC(C)C(=O)N1CC=C(c2cccc3c2CCN(C(=O)/C=C/c2c(-n4cnnn4)ccc(Cl)c2F)C3C(=O)Cc2ccc(C(=O)OC(C)(C)C)cc2)CC1. The van der Waals surface area contributed by atoms with Crippen molar-refractivity contribution in [2.24, 2.45) is 5.92 Å². The molecule has 4 aromatic rings. The van der Waals surface area contributed by atoms with E-state index in [1.54, 1.807) is 51.1 Å². The highest BCUT2D eigenvalue weighted by Crippen LogP contribution is 2.38. The van der Waals surface area contributed by atoms with Crippen LogP contribution in [0.4, 0.5) is 4.39 Å². The van der Waals surface area contributed by atoms with Crippen LogP contribution < -0.4 is 0 Å². The third kappa shape index (κ3) is 8.33. The number of Topliss-reactive ketones (excluding diaryl/α,β-unsaturated/α-hetero) is 1. The molecular formula is C41H42ClFN6O5. The van der Waals surface area contributed by atoms with Gasteiger partial charge in [0, 0.05) is 43.6 Å². The molecule has 3 aromatic carbocycles. The molecule has 2 aliphatic heterocycles. The Morgan fingerprint density at radius 1 is 1.02 bits per heavy atom. The first-order valence-corrected chi connectivity index (χ1v) is 18.2. The smallest absolute Gasteiger partial charge is 0.338 e. The predicted octanol–water partition coefficient (Wildman–Crippen LogP) is 6.63. The molecule has 0 saturated carbocycles. The molecule has 0 N–H and O–H groups in total. The maximum atomic E-state index is 15.4. The Hall–Kier alpha value is -5.49. The summed E-state index contributed by atoms with van der Waals surface area (Å²) < 4.78 is 22.1. The lowest BCUT2D eigenvalue weighted by Crippen LogP contribution is -2.43. The first-order chi connectivity index (χ1) is 25.7. The zero-order valence-electron chi connectivity index (χ0n) is 30.9. The molecule has 0 radical (unpaired) electrons. The summed E-state index contributed by atoms with van der Waals surface area (Å²) >= 11 is 6.12. The minimum absolute atomic E-state index is 0.00465. The normalized spacial score (nSPS) is 16.0. The highest BCUT2D eigenvalue weighted by Gasteiger charge is 2.36. The summed E-state index contributed by atoms with van der Waals surface area (Å²) in [5.74, 6) is -1.93. The second-order valence-electron chi connectivity index (χ2n) is 14.7. The number of hydrogen-bond acceptors (Lipinski definition) is 8. The monoisotopic (exact) mass is 752 g/mol. The molecule has 1 unspecified atom stereocenters. The van der Waals surface area contributed by atoms with Gasteiger partial charge in [-0.1, -0.05) is 61.9 Å². The molecule has 13 heteroatoms.